The second-order valence-corrected chi connectivity index (χ2v) is 12.5. The third-order valence-corrected chi connectivity index (χ3v) is 9.10. The Morgan fingerprint density at radius 3 is 2.44 bits per heavy atom. The Bertz CT molecular complexity index is 1850. The van der Waals surface area contributed by atoms with E-state index in [9.17, 15) is 14.7 Å². The number of aliphatic hydroxyl groups excluding tert-OH is 1. The largest absolute Gasteiger partial charge is 0.465 e. The normalized spacial score (nSPS) is 17.2. The van der Waals surface area contributed by atoms with Gasteiger partial charge in [0.1, 0.15) is 6.54 Å². The maximum Gasteiger partial charge on any atom is 0.325 e. The third kappa shape index (κ3) is 9.12. The van der Waals surface area contributed by atoms with E-state index in [1.54, 1.807) is 11.6 Å². The third-order valence-electron chi connectivity index (χ3n) is 8.05. The number of benzene rings is 4. The van der Waals surface area contributed by atoms with Crippen molar-refractivity contribution in [1.29, 1.82) is 0 Å². The molecule has 3 N–H and O–H groups in total. The van der Waals surface area contributed by atoms with Crippen LogP contribution in [0.15, 0.2) is 108 Å². The number of carbonyl (C=O) groups is 2. The van der Waals surface area contributed by atoms with E-state index in [-0.39, 0.29) is 32.0 Å². The first-order valence-electron chi connectivity index (χ1n) is 16.3. The van der Waals surface area contributed by atoms with Crippen molar-refractivity contribution in [2.45, 2.75) is 50.2 Å². The Balaban J connectivity index is 1.13. The fourth-order valence-corrected chi connectivity index (χ4v) is 6.40. The van der Waals surface area contributed by atoms with Crippen LogP contribution in [0.3, 0.4) is 0 Å². The SMILES string of the molecule is CCOC(=O)CNC(=O)NCc1cccc(-c2ccc([C@H]3O[C@@H](CSc4nnnn4-c4ccccc4)C[C@@H](c4ccc(CO)cc4)O3)cc2)c1. The highest BCUT2D eigenvalue weighted by Crippen LogP contribution is 2.40. The van der Waals surface area contributed by atoms with Gasteiger partial charge in [-0.2, -0.15) is 4.68 Å². The highest BCUT2D eigenvalue weighted by atomic mass is 32.2. The monoisotopic (exact) mass is 694 g/mol. The lowest BCUT2D eigenvalue weighted by atomic mass is 9.99. The summed E-state index contributed by atoms with van der Waals surface area (Å²) in [7, 11) is 0. The van der Waals surface area contributed by atoms with E-state index in [4.69, 9.17) is 14.2 Å². The van der Waals surface area contributed by atoms with Crippen LogP contribution in [-0.4, -0.2) is 62.3 Å². The molecule has 0 radical (unpaired) electrons. The first-order valence-corrected chi connectivity index (χ1v) is 17.3. The van der Waals surface area contributed by atoms with Crippen LogP contribution in [0.1, 0.15) is 48.0 Å². The predicted octanol–water partition coefficient (Wildman–Crippen LogP) is 5.52. The van der Waals surface area contributed by atoms with Gasteiger partial charge in [0, 0.05) is 24.3 Å². The van der Waals surface area contributed by atoms with E-state index in [0.717, 1.165) is 39.1 Å². The Kier molecular flexibility index (Phi) is 11.8. The molecule has 0 saturated carbocycles. The van der Waals surface area contributed by atoms with Gasteiger partial charge in [-0.15, -0.1) is 5.10 Å². The van der Waals surface area contributed by atoms with Crippen molar-refractivity contribution >= 4 is 23.8 Å². The molecule has 2 heterocycles. The number of carbonyl (C=O) groups excluding carboxylic acids is 2. The Hall–Kier alpha value is -5.08. The molecule has 258 valence electrons. The van der Waals surface area contributed by atoms with Crippen molar-refractivity contribution in [2.75, 3.05) is 18.9 Å². The molecule has 6 rings (SSSR count). The van der Waals surface area contributed by atoms with Crippen molar-refractivity contribution in [3.63, 3.8) is 0 Å². The van der Waals surface area contributed by atoms with Gasteiger partial charge < -0.3 is 30.0 Å². The van der Waals surface area contributed by atoms with Crippen molar-refractivity contribution in [2.24, 2.45) is 0 Å². The Labute approximate surface area is 294 Å². The summed E-state index contributed by atoms with van der Waals surface area (Å²) in [6.07, 6.45) is -0.370. The average Bonchev–Trinajstić information content (AvgIpc) is 3.65. The molecule has 5 aromatic rings. The molecule has 1 fully saturated rings. The van der Waals surface area contributed by atoms with E-state index in [2.05, 4.69) is 26.2 Å². The lowest BCUT2D eigenvalue weighted by Gasteiger charge is -2.36. The highest BCUT2D eigenvalue weighted by Gasteiger charge is 2.32. The van der Waals surface area contributed by atoms with Crippen molar-refractivity contribution in [1.82, 2.24) is 30.8 Å². The summed E-state index contributed by atoms with van der Waals surface area (Å²) < 4.78 is 19.6. The number of aromatic nitrogens is 4. The molecule has 0 unspecified atom stereocenters. The van der Waals surface area contributed by atoms with Gasteiger partial charge in [0.2, 0.25) is 5.16 Å². The van der Waals surface area contributed by atoms with Crippen LogP contribution in [0.2, 0.25) is 0 Å². The molecule has 12 nitrogen and oxygen atoms in total. The number of tetrazole rings is 1. The van der Waals surface area contributed by atoms with Gasteiger partial charge in [0.25, 0.3) is 0 Å². The molecule has 1 aliphatic heterocycles. The molecule has 3 atom stereocenters. The molecular weight excluding hydrogens is 657 g/mol. The topological polar surface area (TPSA) is 150 Å². The number of hydrogen-bond acceptors (Lipinski definition) is 10. The average molecular weight is 695 g/mol. The molecule has 1 aromatic heterocycles. The molecule has 1 saturated heterocycles. The summed E-state index contributed by atoms with van der Waals surface area (Å²) in [4.78, 5) is 23.6. The van der Waals surface area contributed by atoms with Crippen LogP contribution >= 0.6 is 11.8 Å². The van der Waals surface area contributed by atoms with Crippen molar-refractivity contribution in [3.05, 3.63) is 125 Å². The molecule has 13 heteroatoms. The molecule has 2 amide bonds. The van der Waals surface area contributed by atoms with Gasteiger partial charge in [-0.3, -0.25) is 4.79 Å². The zero-order valence-corrected chi connectivity index (χ0v) is 28.3. The number of urea groups is 1. The molecular formula is C37H38N6O6S. The van der Waals surface area contributed by atoms with E-state index in [1.807, 2.05) is 103 Å². The van der Waals surface area contributed by atoms with Gasteiger partial charge >= 0.3 is 12.0 Å². The molecule has 4 aromatic carbocycles. The predicted molar refractivity (Wildman–Crippen MR) is 187 cm³/mol. The van der Waals surface area contributed by atoms with E-state index in [0.29, 0.717) is 23.9 Å². The van der Waals surface area contributed by atoms with Gasteiger partial charge in [-0.05, 0) is 63.4 Å². The van der Waals surface area contributed by atoms with Crippen molar-refractivity contribution in [3.8, 4) is 16.8 Å². The standard InChI is InChI=1S/C37H38N6O6S/c1-2-47-34(45)22-39-36(46)38-21-26-7-6-8-30(19-26)27-15-17-29(18-16-27)35-48-32(20-33(49-35)28-13-11-25(23-44)12-14-28)24-50-37-40-41-42-43(37)31-9-4-3-5-10-31/h3-19,32-33,35,44H,2,20-24H2,1H3,(H2,38,39,46)/t32-,33+,35+/m1/s1. The minimum Gasteiger partial charge on any atom is -0.465 e. The minimum absolute atomic E-state index is 0.0227. The van der Waals surface area contributed by atoms with Gasteiger partial charge in [0.15, 0.2) is 6.29 Å². The fraction of sp³-hybridized carbons (Fsp3) is 0.270. The lowest BCUT2D eigenvalue weighted by Crippen LogP contribution is -2.38. The number of aliphatic hydroxyl groups is 1. The summed E-state index contributed by atoms with van der Waals surface area (Å²) in [5.74, 6) is 0.124. The number of amides is 2. The van der Waals surface area contributed by atoms with E-state index >= 15 is 0 Å². The maximum absolute atomic E-state index is 12.1. The number of ether oxygens (including phenoxy) is 3. The molecule has 1 aliphatic rings. The van der Waals surface area contributed by atoms with Crippen LogP contribution in [-0.2, 0) is 32.2 Å². The van der Waals surface area contributed by atoms with Gasteiger partial charge in [0.05, 0.1) is 31.1 Å². The molecule has 50 heavy (non-hydrogen) atoms. The second kappa shape index (κ2) is 17.0. The number of thioether (sulfide) groups is 1. The minimum atomic E-state index is -0.611. The Morgan fingerprint density at radius 1 is 0.900 bits per heavy atom. The summed E-state index contributed by atoms with van der Waals surface area (Å²) in [6, 6.07) is 33.1. The van der Waals surface area contributed by atoms with Crippen LogP contribution in [0.4, 0.5) is 4.79 Å². The summed E-state index contributed by atoms with van der Waals surface area (Å²) in [5.41, 5.74) is 6.50. The van der Waals surface area contributed by atoms with Crippen LogP contribution in [0.5, 0.6) is 0 Å². The van der Waals surface area contributed by atoms with Crippen molar-refractivity contribution < 1.29 is 28.9 Å². The number of nitrogens with one attached hydrogen (secondary N) is 2. The van der Waals surface area contributed by atoms with Crippen LogP contribution in [0.25, 0.3) is 16.8 Å². The first kappa shape index (κ1) is 34.8. The van der Waals surface area contributed by atoms with E-state index < -0.39 is 18.3 Å². The van der Waals surface area contributed by atoms with Crippen LogP contribution in [0, 0.1) is 0 Å². The second-order valence-electron chi connectivity index (χ2n) is 11.5. The number of rotatable bonds is 13. The number of esters is 1. The molecule has 0 spiro atoms. The van der Waals surface area contributed by atoms with Crippen LogP contribution < -0.4 is 10.6 Å². The number of para-hydroxylation sites is 1. The Morgan fingerprint density at radius 2 is 1.68 bits per heavy atom. The quantitative estimate of drug-likeness (QED) is 0.106. The van der Waals surface area contributed by atoms with Gasteiger partial charge in [-0.1, -0.05) is 96.7 Å². The lowest BCUT2D eigenvalue weighted by molar-refractivity contribution is -0.245. The molecule has 0 aliphatic carbocycles. The fourth-order valence-electron chi connectivity index (χ4n) is 5.49. The zero-order valence-electron chi connectivity index (χ0n) is 27.5. The highest BCUT2D eigenvalue weighted by molar-refractivity contribution is 7.99. The van der Waals surface area contributed by atoms with E-state index in [1.165, 1.54) is 11.8 Å². The summed E-state index contributed by atoms with van der Waals surface area (Å²) in [5, 5.41) is 27.8. The first-order chi connectivity index (χ1) is 24.5. The number of nitrogens with zero attached hydrogens (tertiary/aromatic N) is 4. The number of hydrogen-bond donors (Lipinski definition) is 3. The zero-order chi connectivity index (χ0) is 34.7. The molecule has 0 bridgehead atoms. The summed E-state index contributed by atoms with van der Waals surface area (Å²) >= 11 is 1.53. The van der Waals surface area contributed by atoms with Gasteiger partial charge in [-0.25, -0.2) is 4.79 Å². The summed E-state index contributed by atoms with van der Waals surface area (Å²) in [6.45, 7) is 2.06. The smallest absolute Gasteiger partial charge is 0.325 e. The maximum atomic E-state index is 12.1.